The van der Waals surface area contributed by atoms with Crippen LogP contribution in [0.3, 0.4) is 0 Å². The van der Waals surface area contributed by atoms with E-state index in [0.717, 1.165) is 24.8 Å². The largest absolute Gasteiger partial charge is 0.469 e. The third-order valence-corrected chi connectivity index (χ3v) is 4.20. The van der Waals surface area contributed by atoms with Crippen molar-refractivity contribution in [3.05, 3.63) is 34.4 Å². The summed E-state index contributed by atoms with van der Waals surface area (Å²) in [5.74, 6) is 0.366. The number of esters is 1. The van der Waals surface area contributed by atoms with Crippen LogP contribution in [0.2, 0.25) is 0 Å². The maximum Gasteiger partial charge on any atom is 0.309 e. The number of rotatable bonds is 4. The Labute approximate surface area is 135 Å². The van der Waals surface area contributed by atoms with Gasteiger partial charge < -0.3 is 10.5 Å². The van der Waals surface area contributed by atoms with Gasteiger partial charge in [0.15, 0.2) is 0 Å². The van der Waals surface area contributed by atoms with E-state index in [2.05, 4.69) is 39.8 Å². The summed E-state index contributed by atoms with van der Waals surface area (Å²) >= 11 is 0. The van der Waals surface area contributed by atoms with Gasteiger partial charge in [-0.3, -0.25) is 4.79 Å². The SMILES string of the molecule is CCC.CCC(C)c1ccc(CC(=O)OC)c2c1CC(N)C2. The Kier molecular flexibility index (Phi) is 7.60. The van der Waals surface area contributed by atoms with Crippen LogP contribution in [0.15, 0.2) is 12.1 Å². The van der Waals surface area contributed by atoms with Gasteiger partial charge in [-0.1, -0.05) is 46.2 Å². The Morgan fingerprint density at radius 3 is 2.41 bits per heavy atom. The van der Waals surface area contributed by atoms with Crippen molar-refractivity contribution in [2.45, 2.75) is 71.8 Å². The predicted octanol–water partition coefficient (Wildman–Crippen LogP) is 3.76. The second kappa shape index (κ2) is 8.94. The Hall–Kier alpha value is -1.35. The molecule has 0 saturated heterocycles. The quantitative estimate of drug-likeness (QED) is 0.862. The van der Waals surface area contributed by atoms with Gasteiger partial charge in [-0.25, -0.2) is 0 Å². The number of nitrogens with two attached hydrogens (primary N) is 1. The molecule has 124 valence electrons. The minimum absolute atomic E-state index is 0.182. The fraction of sp³-hybridized carbons (Fsp3) is 0.632. The van der Waals surface area contributed by atoms with Crippen molar-refractivity contribution in [2.24, 2.45) is 5.73 Å². The van der Waals surface area contributed by atoms with E-state index >= 15 is 0 Å². The zero-order valence-electron chi connectivity index (χ0n) is 14.7. The van der Waals surface area contributed by atoms with Crippen molar-refractivity contribution in [3.8, 4) is 0 Å². The molecule has 0 aromatic heterocycles. The summed E-state index contributed by atoms with van der Waals surface area (Å²) in [5, 5.41) is 0. The maximum atomic E-state index is 11.5. The lowest BCUT2D eigenvalue weighted by molar-refractivity contribution is -0.139. The highest BCUT2D eigenvalue weighted by Gasteiger charge is 2.26. The molecular weight excluding hydrogens is 274 g/mol. The van der Waals surface area contributed by atoms with Gasteiger partial charge in [-0.05, 0) is 47.4 Å². The van der Waals surface area contributed by atoms with E-state index in [0.29, 0.717) is 12.3 Å². The normalized spacial score (nSPS) is 17.3. The molecule has 1 aliphatic carbocycles. The molecule has 0 amide bonds. The first-order valence-electron chi connectivity index (χ1n) is 8.44. The average Bonchev–Trinajstić information content (AvgIpc) is 2.89. The number of hydrogen-bond acceptors (Lipinski definition) is 3. The zero-order valence-corrected chi connectivity index (χ0v) is 14.7. The maximum absolute atomic E-state index is 11.5. The summed E-state index contributed by atoms with van der Waals surface area (Å²) in [4.78, 5) is 11.5. The lowest BCUT2D eigenvalue weighted by Crippen LogP contribution is -2.19. The average molecular weight is 305 g/mol. The summed E-state index contributed by atoms with van der Waals surface area (Å²) in [6, 6.07) is 4.44. The van der Waals surface area contributed by atoms with Crippen LogP contribution >= 0.6 is 0 Å². The van der Waals surface area contributed by atoms with E-state index in [9.17, 15) is 4.79 Å². The molecule has 0 aliphatic heterocycles. The van der Waals surface area contributed by atoms with E-state index in [1.54, 1.807) is 0 Å². The van der Waals surface area contributed by atoms with Crippen molar-refractivity contribution in [2.75, 3.05) is 7.11 Å². The molecule has 2 N–H and O–H groups in total. The molecule has 0 heterocycles. The van der Waals surface area contributed by atoms with Crippen LogP contribution in [0.25, 0.3) is 0 Å². The highest BCUT2D eigenvalue weighted by Crippen LogP contribution is 2.33. The molecule has 3 heteroatoms. The van der Waals surface area contributed by atoms with E-state index in [1.165, 1.54) is 30.2 Å². The van der Waals surface area contributed by atoms with E-state index in [-0.39, 0.29) is 12.0 Å². The van der Waals surface area contributed by atoms with Crippen LogP contribution in [0.5, 0.6) is 0 Å². The highest BCUT2D eigenvalue weighted by molar-refractivity contribution is 5.73. The summed E-state index contributed by atoms with van der Waals surface area (Å²) in [6.45, 7) is 8.70. The second-order valence-electron chi connectivity index (χ2n) is 6.21. The lowest BCUT2D eigenvalue weighted by atomic mass is 9.89. The van der Waals surface area contributed by atoms with Crippen LogP contribution in [0.1, 0.15) is 68.7 Å². The molecule has 1 aliphatic rings. The van der Waals surface area contributed by atoms with Gasteiger partial charge in [0.2, 0.25) is 0 Å². The molecule has 2 atom stereocenters. The van der Waals surface area contributed by atoms with E-state index in [4.69, 9.17) is 10.5 Å². The zero-order chi connectivity index (χ0) is 16.7. The third kappa shape index (κ3) is 4.57. The predicted molar refractivity (Wildman–Crippen MR) is 92.2 cm³/mol. The summed E-state index contributed by atoms with van der Waals surface area (Å²) < 4.78 is 4.77. The number of carbonyl (C=O) groups excluding carboxylic acids is 1. The Bertz CT molecular complexity index is 496. The van der Waals surface area contributed by atoms with Crippen molar-refractivity contribution in [3.63, 3.8) is 0 Å². The number of benzene rings is 1. The van der Waals surface area contributed by atoms with Crippen LogP contribution in [0.4, 0.5) is 0 Å². The fourth-order valence-electron chi connectivity index (χ4n) is 2.93. The Morgan fingerprint density at radius 1 is 1.27 bits per heavy atom. The molecule has 0 fully saturated rings. The lowest BCUT2D eigenvalue weighted by Gasteiger charge is -2.17. The monoisotopic (exact) mass is 305 g/mol. The Balaban J connectivity index is 0.000000745. The van der Waals surface area contributed by atoms with Gasteiger partial charge >= 0.3 is 5.97 Å². The van der Waals surface area contributed by atoms with Gasteiger partial charge in [0, 0.05) is 6.04 Å². The molecule has 0 spiro atoms. The number of carbonyl (C=O) groups is 1. The van der Waals surface area contributed by atoms with Crippen molar-refractivity contribution in [1.82, 2.24) is 0 Å². The summed E-state index contributed by atoms with van der Waals surface area (Å²) in [7, 11) is 1.43. The molecule has 0 saturated carbocycles. The smallest absolute Gasteiger partial charge is 0.309 e. The molecule has 2 unspecified atom stereocenters. The third-order valence-electron chi connectivity index (χ3n) is 4.20. The molecule has 1 aromatic carbocycles. The molecule has 0 bridgehead atoms. The van der Waals surface area contributed by atoms with Crippen LogP contribution in [-0.4, -0.2) is 19.1 Å². The molecule has 1 aromatic rings. The minimum Gasteiger partial charge on any atom is -0.469 e. The summed E-state index contributed by atoms with van der Waals surface area (Å²) in [6.07, 6.45) is 4.54. The first-order chi connectivity index (χ1) is 10.5. The van der Waals surface area contributed by atoms with Gasteiger partial charge in [-0.2, -0.15) is 0 Å². The summed E-state index contributed by atoms with van der Waals surface area (Å²) in [5.41, 5.74) is 11.3. The van der Waals surface area contributed by atoms with Gasteiger partial charge in [0.25, 0.3) is 0 Å². The minimum atomic E-state index is -0.182. The number of ether oxygens (including phenoxy) is 1. The molecular formula is C19H31NO2. The van der Waals surface area contributed by atoms with Gasteiger partial charge in [0.1, 0.15) is 0 Å². The van der Waals surface area contributed by atoms with Crippen molar-refractivity contribution in [1.29, 1.82) is 0 Å². The topological polar surface area (TPSA) is 52.3 Å². The molecule has 22 heavy (non-hydrogen) atoms. The number of methoxy groups -OCH3 is 1. The van der Waals surface area contributed by atoms with E-state index < -0.39 is 0 Å². The van der Waals surface area contributed by atoms with E-state index in [1.807, 2.05) is 0 Å². The first-order valence-corrected chi connectivity index (χ1v) is 8.44. The highest BCUT2D eigenvalue weighted by atomic mass is 16.5. The standard InChI is InChI=1S/C16H23NO2.C3H8/c1-4-10(2)13-6-5-11(7-16(18)19-3)14-8-12(17)9-15(13)14;1-3-2/h5-6,10,12H,4,7-9,17H2,1-3H3;3H2,1-2H3. The fourth-order valence-corrected chi connectivity index (χ4v) is 2.93. The van der Waals surface area contributed by atoms with Gasteiger partial charge in [-0.15, -0.1) is 0 Å². The van der Waals surface area contributed by atoms with Crippen LogP contribution in [-0.2, 0) is 28.8 Å². The van der Waals surface area contributed by atoms with Gasteiger partial charge in [0.05, 0.1) is 13.5 Å². The number of hydrogen-bond donors (Lipinski definition) is 1. The molecule has 2 rings (SSSR count). The van der Waals surface area contributed by atoms with Crippen molar-refractivity contribution >= 4 is 5.97 Å². The van der Waals surface area contributed by atoms with Crippen molar-refractivity contribution < 1.29 is 9.53 Å². The van der Waals surface area contributed by atoms with Crippen LogP contribution < -0.4 is 5.73 Å². The second-order valence-corrected chi connectivity index (χ2v) is 6.21. The molecule has 3 nitrogen and oxygen atoms in total. The Morgan fingerprint density at radius 2 is 1.86 bits per heavy atom. The van der Waals surface area contributed by atoms with Crippen LogP contribution in [0, 0.1) is 0 Å². The number of fused-ring (bicyclic) bond motifs is 1. The first kappa shape index (κ1) is 18.7. The molecule has 0 radical (unpaired) electrons.